The molecule has 1 aromatic heterocycles. The quantitative estimate of drug-likeness (QED) is 0.822. The molecule has 0 aliphatic carbocycles. The highest BCUT2D eigenvalue weighted by Crippen LogP contribution is 2.24. The number of nitrogens with one attached hydrogen (secondary N) is 1. The van der Waals surface area contributed by atoms with Gasteiger partial charge in [-0.15, -0.1) is 11.3 Å². The lowest BCUT2D eigenvalue weighted by Gasteiger charge is -2.22. The fourth-order valence-corrected chi connectivity index (χ4v) is 2.91. The molecular formula is C17H23NO2S. The molecule has 0 bridgehead atoms. The lowest BCUT2D eigenvalue weighted by molar-refractivity contribution is 0.0604. The predicted molar refractivity (Wildman–Crippen MR) is 87.8 cm³/mol. The molecule has 1 atom stereocenters. The van der Waals surface area contributed by atoms with Gasteiger partial charge < -0.3 is 15.2 Å². The maximum Gasteiger partial charge on any atom is 0.120 e. The number of hydrogen-bond acceptors (Lipinski definition) is 4. The summed E-state index contributed by atoms with van der Waals surface area (Å²) in [5, 5.41) is 15.7. The first kappa shape index (κ1) is 16.0. The molecule has 21 heavy (non-hydrogen) atoms. The van der Waals surface area contributed by atoms with Crippen LogP contribution >= 0.6 is 11.3 Å². The smallest absolute Gasteiger partial charge is 0.120 e. The maximum atomic E-state index is 10.4. The Morgan fingerprint density at radius 2 is 2.10 bits per heavy atom. The van der Waals surface area contributed by atoms with E-state index in [9.17, 15) is 5.11 Å². The fraction of sp³-hybridized carbons (Fsp3) is 0.412. The van der Waals surface area contributed by atoms with Crippen molar-refractivity contribution in [3.63, 3.8) is 0 Å². The van der Waals surface area contributed by atoms with Gasteiger partial charge in [-0.2, -0.15) is 0 Å². The topological polar surface area (TPSA) is 41.5 Å². The van der Waals surface area contributed by atoms with Crippen LogP contribution in [-0.4, -0.2) is 17.8 Å². The van der Waals surface area contributed by atoms with Crippen LogP contribution < -0.4 is 10.1 Å². The molecule has 1 unspecified atom stereocenters. The summed E-state index contributed by atoms with van der Waals surface area (Å²) in [7, 11) is 0. The molecule has 2 aromatic rings. The van der Waals surface area contributed by atoms with Crippen LogP contribution in [0.25, 0.3) is 0 Å². The molecule has 0 aliphatic heterocycles. The van der Waals surface area contributed by atoms with Gasteiger partial charge >= 0.3 is 0 Å². The van der Waals surface area contributed by atoms with E-state index < -0.39 is 5.60 Å². The summed E-state index contributed by atoms with van der Waals surface area (Å²) in [5.41, 5.74) is 0.315. The number of benzene rings is 1. The van der Waals surface area contributed by atoms with Gasteiger partial charge in [0.2, 0.25) is 0 Å². The zero-order valence-electron chi connectivity index (χ0n) is 12.8. The highest BCUT2D eigenvalue weighted by atomic mass is 32.1. The molecule has 0 spiro atoms. The Morgan fingerprint density at radius 3 is 2.76 bits per heavy atom. The van der Waals surface area contributed by atoms with E-state index in [2.05, 4.69) is 11.4 Å². The first-order valence-electron chi connectivity index (χ1n) is 7.20. The summed E-state index contributed by atoms with van der Waals surface area (Å²) in [4.78, 5) is 0.979. The lowest BCUT2D eigenvalue weighted by atomic mass is 10.1. The maximum absolute atomic E-state index is 10.4. The number of aliphatic hydroxyl groups is 1. The average molecular weight is 305 g/mol. The van der Waals surface area contributed by atoms with Crippen LogP contribution in [0.15, 0.2) is 41.8 Å². The summed E-state index contributed by atoms with van der Waals surface area (Å²) in [5.74, 6) is 0.884. The van der Waals surface area contributed by atoms with Crippen LogP contribution in [0.1, 0.15) is 31.2 Å². The summed E-state index contributed by atoms with van der Waals surface area (Å²) in [6, 6.07) is 12.0. The van der Waals surface area contributed by atoms with Crippen LogP contribution in [0.2, 0.25) is 0 Å². The molecule has 1 aromatic carbocycles. The molecule has 1 heterocycles. The Kier molecular flexibility index (Phi) is 5.39. The first-order chi connectivity index (χ1) is 9.97. The van der Waals surface area contributed by atoms with E-state index in [0.717, 1.165) is 16.2 Å². The number of ether oxygens (including phenoxy) is 1. The third-order valence-electron chi connectivity index (χ3n) is 3.12. The monoisotopic (exact) mass is 305 g/mol. The molecule has 0 radical (unpaired) electrons. The van der Waals surface area contributed by atoms with Crippen LogP contribution in [0.3, 0.4) is 0 Å². The van der Waals surface area contributed by atoms with Crippen LogP contribution in [-0.2, 0) is 12.1 Å². The molecular weight excluding hydrogens is 282 g/mol. The van der Waals surface area contributed by atoms with E-state index in [1.807, 2.05) is 56.5 Å². The zero-order valence-corrected chi connectivity index (χ0v) is 13.6. The minimum atomic E-state index is -0.833. The lowest BCUT2D eigenvalue weighted by Crippen LogP contribution is -2.34. The van der Waals surface area contributed by atoms with E-state index in [1.54, 1.807) is 11.3 Å². The molecule has 0 aliphatic rings. The number of hydrogen-bond donors (Lipinski definition) is 2. The third-order valence-corrected chi connectivity index (χ3v) is 4.24. The second-order valence-electron chi connectivity index (χ2n) is 5.67. The molecule has 0 saturated heterocycles. The molecule has 2 rings (SSSR count). The Balaban J connectivity index is 1.88. The molecule has 2 N–H and O–H groups in total. The predicted octanol–water partition coefficient (Wildman–Crippen LogP) is 3.53. The van der Waals surface area contributed by atoms with Crippen molar-refractivity contribution in [2.24, 2.45) is 0 Å². The minimum Gasteiger partial charge on any atom is -0.491 e. The third kappa shape index (κ3) is 4.84. The van der Waals surface area contributed by atoms with Crippen molar-refractivity contribution < 1.29 is 9.84 Å². The molecule has 0 fully saturated rings. The largest absolute Gasteiger partial charge is 0.491 e. The standard InChI is InChI=1S/C17H23NO2S/c1-13(2)20-15-7-4-6-14(10-15)11-18-12-17(3,19)16-8-5-9-21-16/h4-10,13,18-19H,11-12H2,1-3H3. The molecule has 3 nitrogen and oxygen atoms in total. The van der Waals surface area contributed by atoms with Crippen molar-refractivity contribution in [1.29, 1.82) is 0 Å². The van der Waals surface area contributed by atoms with E-state index in [1.165, 1.54) is 0 Å². The van der Waals surface area contributed by atoms with Gasteiger partial charge in [0.25, 0.3) is 0 Å². The van der Waals surface area contributed by atoms with Crippen molar-refractivity contribution in [2.75, 3.05) is 6.54 Å². The molecule has 0 saturated carbocycles. The normalized spacial score (nSPS) is 14.1. The van der Waals surface area contributed by atoms with Crippen LogP contribution in [0.4, 0.5) is 0 Å². The van der Waals surface area contributed by atoms with Crippen LogP contribution in [0.5, 0.6) is 5.75 Å². The van der Waals surface area contributed by atoms with Gasteiger partial charge in [0.1, 0.15) is 11.4 Å². The molecule has 114 valence electrons. The average Bonchev–Trinajstić information content (AvgIpc) is 2.92. The van der Waals surface area contributed by atoms with Gasteiger partial charge in [0.15, 0.2) is 0 Å². The Hall–Kier alpha value is -1.36. The Bertz CT molecular complexity index is 550. The first-order valence-corrected chi connectivity index (χ1v) is 8.08. The van der Waals surface area contributed by atoms with Crippen molar-refractivity contribution in [3.05, 3.63) is 52.2 Å². The van der Waals surface area contributed by atoms with Gasteiger partial charge in [-0.1, -0.05) is 18.2 Å². The van der Waals surface area contributed by atoms with Gasteiger partial charge in [-0.3, -0.25) is 0 Å². The Morgan fingerprint density at radius 1 is 1.29 bits per heavy atom. The van der Waals surface area contributed by atoms with Gasteiger partial charge in [0.05, 0.1) is 6.10 Å². The highest BCUT2D eigenvalue weighted by Gasteiger charge is 2.23. The zero-order chi connectivity index (χ0) is 15.3. The van der Waals surface area contributed by atoms with Crippen molar-refractivity contribution in [2.45, 2.75) is 39.0 Å². The second-order valence-corrected chi connectivity index (χ2v) is 6.62. The molecule has 4 heteroatoms. The van der Waals surface area contributed by atoms with E-state index in [4.69, 9.17) is 4.74 Å². The van der Waals surface area contributed by atoms with Crippen molar-refractivity contribution in [1.82, 2.24) is 5.32 Å². The van der Waals surface area contributed by atoms with E-state index >= 15 is 0 Å². The van der Waals surface area contributed by atoms with Crippen LogP contribution in [0, 0.1) is 0 Å². The summed E-state index contributed by atoms with van der Waals surface area (Å²) >= 11 is 1.58. The van der Waals surface area contributed by atoms with E-state index in [0.29, 0.717) is 13.1 Å². The summed E-state index contributed by atoms with van der Waals surface area (Å²) in [6.07, 6.45) is 0.174. The second kappa shape index (κ2) is 7.07. The number of thiophene rings is 1. The van der Waals surface area contributed by atoms with Crippen molar-refractivity contribution >= 4 is 11.3 Å². The van der Waals surface area contributed by atoms with Gasteiger partial charge in [-0.25, -0.2) is 0 Å². The summed E-state index contributed by atoms with van der Waals surface area (Å²) < 4.78 is 5.69. The van der Waals surface area contributed by atoms with Gasteiger partial charge in [-0.05, 0) is 49.9 Å². The SMILES string of the molecule is CC(C)Oc1cccc(CNCC(C)(O)c2cccs2)c1. The molecule has 0 amide bonds. The van der Waals surface area contributed by atoms with Crippen molar-refractivity contribution in [3.8, 4) is 5.75 Å². The summed E-state index contributed by atoms with van der Waals surface area (Å²) in [6.45, 7) is 7.09. The van der Waals surface area contributed by atoms with Gasteiger partial charge in [0, 0.05) is 18.0 Å². The minimum absolute atomic E-state index is 0.174. The van der Waals surface area contributed by atoms with E-state index in [-0.39, 0.29) is 6.10 Å². The number of rotatable bonds is 7. The highest BCUT2D eigenvalue weighted by molar-refractivity contribution is 7.10. The fourth-order valence-electron chi connectivity index (χ4n) is 2.12. The Labute approximate surface area is 130 Å².